The van der Waals surface area contributed by atoms with E-state index >= 15 is 0 Å². The van der Waals surface area contributed by atoms with Gasteiger partial charge in [-0.2, -0.15) is 4.98 Å². The highest BCUT2D eigenvalue weighted by atomic mass is 16.5. The minimum Gasteiger partial charge on any atom is -0.475 e. The monoisotopic (exact) mass is 481 g/mol. The van der Waals surface area contributed by atoms with Crippen molar-refractivity contribution in [3.05, 3.63) is 101 Å². The van der Waals surface area contributed by atoms with Crippen molar-refractivity contribution in [2.45, 2.75) is 38.2 Å². The van der Waals surface area contributed by atoms with E-state index in [9.17, 15) is 4.79 Å². The summed E-state index contributed by atoms with van der Waals surface area (Å²) in [6, 6.07) is 25.8. The van der Waals surface area contributed by atoms with Crippen LogP contribution in [0.2, 0.25) is 0 Å². The Balaban J connectivity index is 1.26. The molecule has 2 aliphatic heterocycles. The molecule has 6 rings (SSSR count). The zero-order chi connectivity index (χ0) is 24.3. The average molecular weight is 482 g/mol. The van der Waals surface area contributed by atoms with E-state index in [1.807, 2.05) is 72.8 Å². The Morgan fingerprint density at radius 3 is 2.69 bits per heavy atom. The molecule has 2 aromatic carbocycles. The summed E-state index contributed by atoms with van der Waals surface area (Å²) in [5.41, 5.74) is 5.20. The van der Waals surface area contributed by atoms with Crippen molar-refractivity contribution >= 4 is 0 Å². The molecule has 0 radical (unpaired) electrons. The van der Waals surface area contributed by atoms with E-state index in [1.165, 1.54) is 0 Å². The molecule has 7 heteroatoms. The number of nitrogens with zero attached hydrogens (tertiary/aromatic N) is 3. The van der Waals surface area contributed by atoms with Gasteiger partial charge in [0, 0.05) is 30.2 Å². The van der Waals surface area contributed by atoms with Gasteiger partial charge in [0.25, 0.3) is 0 Å². The molecule has 2 aliphatic rings. The van der Waals surface area contributed by atoms with Gasteiger partial charge in [-0.15, -0.1) is 0 Å². The summed E-state index contributed by atoms with van der Waals surface area (Å²) in [4.78, 5) is 22.2. The normalized spacial score (nSPS) is 18.4. The summed E-state index contributed by atoms with van der Waals surface area (Å²) in [7, 11) is 0. The summed E-state index contributed by atoms with van der Waals surface area (Å²) < 4.78 is 19.4. The van der Waals surface area contributed by atoms with E-state index in [1.54, 1.807) is 4.57 Å². The molecule has 36 heavy (non-hydrogen) atoms. The largest absolute Gasteiger partial charge is 0.475 e. The molecule has 0 spiro atoms. The van der Waals surface area contributed by atoms with Crippen LogP contribution in [0, 0.1) is 0 Å². The number of hydrogen-bond donors (Lipinski definition) is 0. The third-order valence-electron chi connectivity index (χ3n) is 6.65. The second kappa shape index (κ2) is 10.0. The highest BCUT2D eigenvalue weighted by Gasteiger charge is 2.28. The van der Waals surface area contributed by atoms with Gasteiger partial charge < -0.3 is 14.2 Å². The number of benzene rings is 2. The SMILES string of the molecule is O=c1nc(OCC2CCCO2)cc2n1C(OCc1cccc(-c3ccccc3)n1)Cc1ccccc1-2. The molecule has 7 nitrogen and oxygen atoms in total. The summed E-state index contributed by atoms with van der Waals surface area (Å²) in [5.74, 6) is 0.314. The van der Waals surface area contributed by atoms with E-state index in [-0.39, 0.29) is 18.4 Å². The second-order valence-electron chi connectivity index (χ2n) is 9.09. The number of pyridine rings is 1. The highest BCUT2D eigenvalue weighted by Crippen LogP contribution is 2.35. The maximum Gasteiger partial charge on any atom is 0.353 e. The Labute approximate surface area is 209 Å². The van der Waals surface area contributed by atoms with Crippen LogP contribution in [0.25, 0.3) is 22.5 Å². The minimum absolute atomic E-state index is 0.0492. The summed E-state index contributed by atoms with van der Waals surface area (Å²) in [6.07, 6.45) is 2.11. The molecule has 1 saturated heterocycles. The molecule has 182 valence electrons. The van der Waals surface area contributed by atoms with Gasteiger partial charge in [-0.25, -0.2) is 4.79 Å². The predicted molar refractivity (Wildman–Crippen MR) is 136 cm³/mol. The van der Waals surface area contributed by atoms with Gasteiger partial charge in [-0.05, 0) is 30.5 Å². The number of ether oxygens (including phenoxy) is 3. The Morgan fingerprint density at radius 1 is 0.972 bits per heavy atom. The molecule has 0 bridgehead atoms. The Morgan fingerprint density at radius 2 is 1.83 bits per heavy atom. The van der Waals surface area contributed by atoms with Gasteiger partial charge >= 0.3 is 5.69 Å². The fourth-order valence-electron chi connectivity index (χ4n) is 4.86. The first-order valence-corrected chi connectivity index (χ1v) is 12.3. The maximum atomic E-state index is 13.2. The van der Waals surface area contributed by atoms with Crippen molar-refractivity contribution in [1.82, 2.24) is 14.5 Å². The number of hydrogen-bond acceptors (Lipinski definition) is 6. The van der Waals surface area contributed by atoms with E-state index in [2.05, 4.69) is 11.1 Å². The van der Waals surface area contributed by atoms with Crippen LogP contribution >= 0.6 is 0 Å². The first-order valence-electron chi connectivity index (χ1n) is 12.3. The molecule has 2 unspecified atom stereocenters. The standard InChI is InChI=1S/C29H27N3O4/c33-29-31-27(35-19-23-12-7-15-34-23)17-26-24-13-5-4-10-21(24)16-28(32(26)29)36-18-22-11-6-14-25(30-22)20-8-2-1-3-9-20/h1-6,8-11,13-14,17,23,28H,7,12,15-16,18-19H2. The quantitative estimate of drug-likeness (QED) is 0.377. The topological polar surface area (TPSA) is 75.5 Å². The lowest BCUT2D eigenvalue weighted by Gasteiger charge is -2.29. The molecule has 2 aromatic heterocycles. The van der Waals surface area contributed by atoms with Gasteiger partial charge in [0.15, 0.2) is 0 Å². The van der Waals surface area contributed by atoms with Crippen LogP contribution in [-0.4, -0.2) is 33.9 Å². The Hall–Kier alpha value is -3.81. The summed E-state index contributed by atoms with van der Waals surface area (Å²) in [6.45, 7) is 1.42. The summed E-state index contributed by atoms with van der Waals surface area (Å²) >= 11 is 0. The molecular weight excluding hydrogens is 454 g/mol. The lowest BCUT2D eigenvalue weighted by atomic mass is 9.97. The fraction of sp³-hybridized carbons (Fsp3) is 0.276. The zero-order valence-corrected chi connectivity index (χ0v) is 19.9. The van der Waals surface area contributed by atoms with Gasteiger partial charge in [0.05, 0.1) is 29.8 Å². The fourth-order valence-corrected chi connectivity index (χ4v) is 4.86. The predicted octanol–water partition coefficient (Wildman–Crippen LogP) is 4.80. The minimum atomic E-state index is -0.496. The van der Waals surface area contributed by atoms with Crippen molar-refractivity contribution in [2.75, 3.05) is 13.2 Å². The highest BCUT2D eigenvalue weighted by molar-refractivity contribution is 5.66. The lowest BCUT2D eigenvalue weighted by Crippen LogP contribution is -2.34. The third kappa shape index (κ3) is 4.67. The third-order valence-corrected chi connectivity index (χ3v) is 6.65. The summed E-state index contributed by atoms with van der Waals surface area (Å²) in [5, 5.41) is 0. The lowest BCUT2D eigenvalue weighted by molar-refractivity contribution is -0.0147. The molecule has 2 atom stereocenters. The molecule has 4 aromatic rings. The van der Waals surface area contributed by atoms with Crippen molar-refractivity contribution in [3.8, 4) is 28.4 Å². The molecule has 4 heterocycles. The van der Waals surface area contributed by atoms with Crippen LogP contribution < -0.4 is 10.4 Å². The van der Waals surface area contributed by atoms with Crippen molar-refractivity contribution in [1.29, 1.82) is 0 Å². The van der Waals surface area contributed by atoms with E-state index in [0.717, 1.165) is 53.2 Å². The van der Waals surface area contributed by atoms with Gasteiger partial charge in [0.2, 0.25) is 5.88 Å². The molecule has 0 amide bonds. The molecule has 0 saturated carbocycles. The average Bonchev–Trinajstić information content (AvgIpc) is 3.45. The molecule has 1 fully saturated rings. The number of rotatable bonds is 7. The van der Waals surface area contributed by atoms with Gasteiger partial charge in [0.1, 0.15) is 12.8 Å². The van der Waals surface area contributed by atoms with E-state index < -0.39 is 6.23 Å². The first kappa shape index (κ1) is 22.6. The Bertz CT molecular complexity index is 1410. The van der Waals surface area contributed by atoms with E-state index in [4.69, 9.17) is 19.2 Å². The molecular formula is C29H27N3O4. The van der Waals surface area contributed by atoms with Crippen LogP contribution in [0.4, 0.5) is 0 Å². The van der Waals surface area contributed by atoms with Crippen LogP contribution in [0.15, 0.2) is 83.7 Å². The van der Waals surface area contributed by atoms with Crippen molar-refractivity contribution in [3.63, 3.8) is 0 Å². The van der Waals surface area contributed by atoms with Crippen molar-refractivity contribution < 1.29 is 14.2 Å². The van der Waals surface area contributed by atoms with Crippen LogP contribution in [-0.2, 0) is 22.5 Å². The molecule has 0 aliphatic carbocycles. The number of fused-ring (bicyclic) bond motifs is 3. The zero-order valence-electron chi connectivity index (χ0n) is 19.9. The van der Waals surface area contributed by atoms with Crippen LogP contribution in [0.3, 0.4) is 0 Å². The van der Waals surface area contributed by atoms with E-state index in [0.29, 0.717) is 18.9 Å². The Kier molecular flexibility index (Phi) is 6.32. The maximum absolute atomic E-state index is 13.2. The second-order valence-corrected chi connectivity index (χ2v) is 9.09. The smallest absolute Gasteiger partial charge is 0.353 e. The first-order chi connectivity index (χ1) is 17.7. The molecule has 0 N–H and O–H groups in total. The van der Waals surface area contributed by atoms with Crippen LogP contribution in [0.5, 0.6) is 5.88 Å². The number of aromatic nitrogens is 3. The van der Waals surface area contributed by atoms with Gasteiger partial charge in [-0.3, -0.25) is 9.55 Å². The van der Waals surface area contributed by atoms with Crippen molar-refractivity contribution in [2.24, 2.45) is 0 Å². The van der Waals surface area contributed by atoms with Gasteiger partial charge in [-0.1, -0.05) is 60.7 Å². The van der Waals surface area contributed by atoms with Crippen LogP contribution in [0.1, 0.15) is 30.3 Å².